The second kappa shape index (κ2) is 14.0. The summed E-state index contributed by atoms with van der Waals surface area (Å²) in [6, 6.07) is 27.8. The first-order chi connectivity index (χ1) is 20.1. The van der Waals surface area contributed by atoms with Crippen LogP contribution in [0.5, 0.6) is 0 Å². The Balaban J connectivity index is 1.38. The van der Waals surface area contributed by atoms with Gasteiger partial charge in [-0.25, -0.2) is 13.6 Å². The van der Waals surface area contributed by atoms with Gasteiger partial charge in [0.15, 0.2) is 0 Å². The number of primary sulfonamides is 1. The number of benzene rings is 4. The minimum atomic E-state index is -3.81. The van der Waals surface area contributed by atoms with Gasteiger partial charge < -0.3 is 16.0 Å². The Morgan fingerprint density at radius 3 is 2.10 bits per heavy atom. The highest BCUT2D eigenvalue weighted by Gasteiger charge is 2.15. The molecule has 214 valence electrons. The molecule has 0 heterocycles. The third kappa shape index (κ3) is 9.05. The molecule has 4 rings (SSSR count). The number of sulfonamides is 1. The molecule has 12 heteroatoms. The van der Waals surface area contributed by atoms with Crippen molar-refractivity contribution < 1.29 is 22.8 Å². The van der Waals surface area contributed by atoms with Crippen LogP contribution in [0.25, 0.3) is 6.08 Å². The molecule has 0 aromatic heterocycles. The van der Waals surface area contributed by atoms with Crippen molar-refractivity contribution >= 4 is 68.6 Å². The smallest absolute Gasteiger partial charge is 0.272 e. The summed E-state index contributed by atoms with van der Waals surface area (Å²) in [5.74, 6) is -1.16. The Labute approximate surface area is 252 Å². The van der Waals surface area contributed by atoms with E-state index in [2.05, 4.69) is 16.0 Å². The Hall–Kier alpha value is -4.42. The summed E-state index contributed by atoms with van der Waals surface area (Å²) >= 11 is 7.37. The second-order valence-electron chi connectivity index (χ2n) is 8.82. The molecule has 0 aliphatic rings. The molecule has 0 fully saturated rings. The van der Waals surface area contributed by atoms with E-state index in [0.717, 1.165) is 4.90 Å². The Morgan fingerprint density at radius 1 is 0.810 bits per heavy atom. The molecule has 0 aliphatic carbocycles. The lowest BCUT2D eigenvalue weighted by Gasteiger charge is -2.12. The predicted molar refractivity (Wildman–Crippen MR) is 166 cm³/mol. The minimum Gasteiger partial charge on any atom is -0.325 e. The second-order valence-corrected chi connectivity index (χ2v) is 11.9. The van der Waals surface area contributed by atoms with Gasteiger partial charge in [-0.05, 0) is 84.4 Å². The van der Waals surface area contributed by atoms with Gasteiger partial charge in [-0.2, -0.15) is 0 Å². The van der Waals surface area contributed by atoms with E-state index in [-0.39, 0.29) is 22.3 Å². The van der Waals surface area contributed by atoms with Crippen LogP contribution in [-0.2, 0) is 19.6 Å². The summed E-state index contributed by atoms with van der Waals surface area (Å²) in [7, 11) is -3.81. The average molecular weight is 621 g/mol. The molecule has 5 N–H and O–H groups in total. The molecular weight excluding hydrogens is 596 g/mol. The largest absolute Gasteiger partial charge is 0.325 e. The van der Waals surface area contributed by atoms with Crippen molar-refractivity contribution in [2.45, 2.75) is 9.79 Å². The summed E-state index contributed by atoms with van der Waals surface area (Å²) in [4.78, 5) is 39.0. The van der Waals surface area contributed by atoms with Gasteiger partial charge >= 0.3 is 0 Å². The Kier molecular flexibility index (Phi) is 10.2. The maximum Gasteiger partial charge on any atom is 0.272 e. The van der Waals surface area contributed by atoms with Crippen LogP contribution >= 0.6 is 23.4 Å². The van der Waals surface area contributed by atoms with Crippen LogP contribution in [0, 0.1) is 0 Å². The van der Waals surface area contributed by atoms with Crippen LogP contribution in [0.2, 0.25) is 5.02 Å². The molecule has 3 amide bonds. The molecule has 0 bridgehead atoms. The number of hydrogen-bond donors (Lipinski definition) is 4. The van der Waals surface area contributed by atoms with Crippen LogP contribution in [-0.4, -0.2) is 31.9 Å². The number of amides is 3. The molecule has 4 aromatic rings. The molecule has 42 heavy (non-hydrogen) atoms. The molecule has 0 radical (unpaired) electrons. The van der Waals surface area contributed by atoms with Crippen molar-refractivity contribution in [1.82, 2.24) is 5.32 Å². The highest BCUT2D eigenvalue weighted by atomic mass is 35.5. The van der Waals surface area contributed by atoms with Crippen LogP contribution in [0.1, 0.15) is 15.9 Å². The SMILES string of the molecule is NS(=O)(=O)c1ccc(NC(=O)CSc2ccc(NC(=O)/C(=C/c3cccc(Cl)c3)NC(=O)c3ccccc3)cc2)cc1. The molecule has 0 saturated heterocycles. The van der Waals surface area contributed by atoms with Gasteiger partial charge in [0.25, 0.3) is 11.8 Å². The summed E-state index contributed by atoms with van der Waals surface area (Å²) < 4.78 is 22.7. The molecular formula is C30H25ClN4O5S2. The van der Waals surface area contributed by atoms with Gasteiger partial charge in [0, 0.05) is 26.9 Å². The number of carbonyl (C=O) groups is 3. The van der Waals surface area contributed by atoms with Crippen molar-refractivity contribution in [3.63, 3.8) is 0 Å². The zero-order valence-electron chi connectivity index (χ0n) is 21.9. The lowest BCUT2D eigenvalue weighted by molar-refractivity contribution is -0.114. The molecule has 0 unspecified atom stereocenters. The summed E-state index contributed by atoms with van der Waals surface area (Å²) in [6.07, 6.45) is 1.54. The van der Waals surface area contributed by atoms with Gasteiger partial charge in [0.2, 0.25) is 15.9 Å². The standard InChI is InChI=1S/C30H25ClN4O5S2/c31-22-8-4-5-20(17-22)18-27(35-29(37)21-6-2-1-3-7-21)30(38)34-24-9-13-25(14-10-24)41-19-28(36)33-23-11-15-26(16-12-23)42(32,39)40/h1-18H,19H2,(H,33,36)(H,34,38)(H,35,37)(H2,32,39,40)/b27-18-. The normalized spacial score (nSPS) is 11.4. The van der Waals surface area contributed by atoms with Crippen molar-refractivity contribution in [3.8, 4) is 0 Å². The first-order valence-electron chi connectivity index (χ1n) is 12.4. The number of nitrogens with one attached hydrogen (secondary N) is 3. The van der Waals surface area contributed by atoms with E-state index in [0.29, 0.717) is 27.5 Å². The van der Waals surface area contributed by atoms with Gasteiger partial charge in [0.1, 0.15) is 5.70 Å². The topological polar surface area (TPSA) is 147 Å². The number of hydrogen-bond acceptors (Lipinski definition) is 6. The van der Waals surface area contributed by atoms with Crippen LogP contribution in [0.4, 0.5) is 11.4 Å². The summed E-state index contributed by atoms with van der Waals surface area (Å²) in [6.45, 7) is 0. The van der Waals surface area contributed by atoms with E-state index >= 15 is 0 Å². The van der Waals surface area contributed by atoms with E-state index in [1.807, 2.05) is 0 Å². The highest BCUT2D eigenvalue weighted by Crippen LogP contribution is 2.22. The van der Waals surface area contributed by atoms with Crippen molar-refractivity contribution in [3.05, 3.63) is 125 Å². The number of anilines is 2. The number of nitrogens with two attached hydrogens (primary N) is 1. The van der Waals surface area contributed by atoms with Crippen molar-refractivity contribution in [1.29, 1.82) is 0 Å². The number of halogens is 1. The fourth-order valence-corrected chi connectivity index (χ4v) is 5.02. The quantitative estimate of drug-likeness (QED) is 0.143. The lowest BCUT2D eigenvalue weighted by Crippen LogP contribution is -2.30. The fraction of sp³-hybridized carbons (Fsp3) is 0.0333. The van der Waals surface area contributed by atoms with Gasteiger partial charge in [0.05, 0.1) is 10.6 Å². The maximum atomic E-state index is 13.2. The third-order valence-corrected chi connectivity index (χ3v) is 7.81. The van der Waals surface area contributed by atoms with E-state index in [4.69, 9.17) is 16.7 Å². The molecule has 4 aromatic carbocycles. The summed E-state index contributed by atoms with van der Waals surface area (Å²) in [5.41, 5.74) is 1.97. The van der Waals surface area contributed by atoms with Crippen LogP contribution in [0.3, 0.4) is 0 Å². The number of rotatable bonds is 10. The fourth-order valence-electron chi connectivity index (χ4n) is 3.61. The average Bonchev–Trinajstić information content (AvgIpc) is 2.97. The number of carbonyl (C=O) groups excluding carboxylic acids is 3. The van der Waals surface area contributed by atoms with Crippen molar-refractivity contribution in [2.24, 2.45) is 5.14 Å². The molecule has 0 aliphatic heterocycles. The first kappa shape index (κ1) is 30.5. The third-order valence-electron chi connectivity index (χ3n) is 5.64. The lowest BCUT2D eigenvalue weighted by atomic mass is 10.1. The molecule has 0 spiro atoms. The summed E-state index contributed by atoms with van der Waals surface area (Å²) in [5, 5.41) is 13.7. The van der Waals surface area contributed by atoms with Gasteiger partial charge in [-0.3, -0.25) is 14.4 Å². The van der Waals surface area contributed by atoms with Crippen LogP contribution in [0.15, 0.2) is 119 Å². The van der Waals surface area contributed by atoms with Crippen molar-refractivity contribution in [2.75, 3.05) is 16.4 Å². The monoisotopic (exact) mass is 620 g/mol. The molecule has 0 saturated carbocycles. The molecule has 9 nitrogen and oxygen atoms in total. The molecule has 0 atom stereocenters. The van der Waals surface area contributed by atoms with E-state index < -0.39 is 21.8 Å². The Morgan fingerprint density at radius 2 is 1.45 bits per heavy atom. The zero-order chi connectivity index (χ0) is 30.1. The highest BCUT2D eigenvalue weighted by molar-refractivity contribution is 8.00. The predicted octanol–water partition coefficient (Wildman–Crippen LogP) is 5.13. The maximum absolute atomic E-state index is 13.2. The van der Waals surface area contributed by atoms with E-state index in [1.165, 1.54) is 42.1 Å². The van der Waals surface area contributed by atoms with E-state index in [9.17, 15) is 22.8 Å². The first-order valence-corrected chi connectivity index (χ1v) is 15.3. The number of thioether (sulfide) groups is 1. The van der Waals surface area contributed by atoms with E-state index in [1.54, 1.807) is 78.9 Å². The van der Waals surface area contributed by atoms with Gasteiger partial charge in [-0.1, -0.05) is 41.9 Å². The Bertz CT molecular complexity index is 1730. The zero-order valence-corrected chi connectivity index (χ0v) is 24.3. The minimum absolute atomic E-state index is 0.0262. The van der Waals surface area contributed by atoms with Crippen LogP contribution < -0.4 is 21.1 Å². The van der Waals surface area contributed by atoms with Gasteiger partial charge in [-0.15, -0.1) is 11.8 Å².